The Hall–Kier alpha value is -4.90. The molecule has 2 spiro atoms. The highest BCUT2D eigenvalue weighted by Crippen LogP contribution is 2.59. The number of para-hydroxylation sites is 2. The Morgan fingerprint density at radius 2 is 0.887 bits per heavy atom. The highest BCUT2D eigenvalue weighted by atomic mass is 15.2. The van der Waals surface area contributed by atoms with Crippen LogP contribution in [0, 0.1) is 0 Å². The van der Waals surface area contributed by atoms with E-state index in [2.05, 4.69) is 201 Å². The first kappa shape index (κ1) is 41.1. The van der Waals surface area contributed by atoms with E-state index in [0.29, 0.717) is 11.3 Å². The molecule has 0 radical (unpaired) electrons. The summed E-state index contributed by atoms with van der Waals surface area (Å²) in [6.45, 7) is 4.88. The molecule has 0 aliphatic heterocycles. The summed E-state index contributed by atoms with van der Waals surface area (Å²) in [7, 11) is 9.08. The molecule has 4 aliphatic carbocycles. The van der Waals surface area contributed by atoms with Gasteiger partial charge in [-0.05, 0) is 157 Å². The molecule has 2 heterocycles. The van der Waals surface area contributed by atoms with E-state index in [9.17, 15) is 0 Å². The van der Waals surface area contributed by atoms with Crippen molar-refractivity contribution >= 4 is 21.8 Å². The van der Waals surface area contributed by atoms with Gasteiger partial charge in [0.05, 0.1) is 0 Å². The van der Waals surface area contributed by atoms with Gasteiger partial charge in [0, 0.05) is 55.1 Å². The zero-order chi connectivity index (χ0) is 42.7. The third-order valence-electron chi connectivity index (χ3n) is 17.2. The van der Waals surface area contributed by atoms with Crippen LogP contribution in [0.1, 0.15) is 130 Å². The van der Waals surface area contributed by atoms with Crippen molar-refractivity contribution < 1.29 is 0 Å². The van der Waals surface area contributed by atoms with E-state index in [-0.39, 0.29) is 21.9 Å². The summed E-state index contributed by atoms with van der Waals surface area (Å²) in [5.74, 6) is 0.585. The molecule has 0 saturated heterocycles. The second-order valence-electron chi connectivity index (χ2n) is 21.0. The molecular weight excluding hydrogens is 753 g/mol. The number of aromatic amines is 2. The molecule has 4 aliphatic rings. The lowest BCUT2D eigenvalue weighted by Crippen LogP contribution is -2.49. The quantitative estimate of drug-likeness (QED) is 0.182. The van der Waals surface area contributed by atoms with Crippen LogP contribution in [0.4, 0.5) is 0 Å². The molecule has 0 amide bonds. The average molecular weight is 821 g/mol. The first-order valence-corrected chi connectivity index (χ1v) is 23.7. The van der Waals surface area contributed by atoms with Gasteiger partial charge in [-0.3, -0.25) is 9.80 Å². The normalized spacial score (nSPS) is 26.4. The Labute approximate surface area is 371 Å². The van der Waals surface area contributed by atoms with Gasteiger partial charge in [0.1, 0.15) is 0 Å². The fraction of sp³-hybridized carbons (Fsp3) is 0.414. The average Bonchev–Trinajstić information content (AvgIpc) is 3.91. The zero-order valence-electron chi connectivity index (χ0n) is 38.2. The van der Waals surface area contributed by atoms with Crippen molar-refractivity contribution in [1.29, 1.82) is 0 Å². The Bertz CT molecular complexity index is 2630. The third kappa shape index (κ3) is 6.70. The minimum atomic E-state index is 0.123. The smallest absolute Gasteiger partial charge is 0.0459 e. The lowest BCUT2D eigenvalue weighted by molar-refractivity contribution is 0.0541. The fourth-order valence-corrected chi connectivity index (χ4v) is 13.5. The van der Waals surface area contributed by atoms with Crippen LogP contribution in [0.2, 0.25) is 0 Å². The molecule has 7 aromatic rings. The number of rotatable bonds is 5. The van der Waals surface area contributed by atoms with Gasteiger partial charge in [-0.2, -0.15) is 0 Å². The van der Waals surface area contributed by atoms with Crippen molar-refractivity contribution in [3.63, 3.8) is 0 Å². The van der Waals surface area contributed by atoms with Gasteiger partial charge in [-0.15, -0.1) is 0 Å². The molecule has 5 aromatic carbocycles. The van der Waals surface area contributed by atoms with E-state index < -0.39 is 0 Å². The monoisotopic (exact) mass is 821 g/mol. The largest absolute Gasteiger partial charge is 0.358 e. The Balaban J connectivity index is 0.000000149. The summed E-state index contributed by atoms with van der Waals surface area (Å²) < 4.78 is 0. The summed E-state index contributed by atoms with van der Waals surface area (Å²) in [5, 5.41) is 2.87. The van der Waals surface area contributed by atoms with Crippen molar-refractivity contribution in [3.8, 4) is 0 Å². The lowest BCUT2D eigenvalue weighted by Gasteiger charge is -2.53. The molecule has 2 saturated carbocycles. The van der Waals surface area contributed by atoms with Gasteiger partial charge in [0.2, 0.25) is 0 Å². The number of aromatic nitrogens is 2. The van der Waals surface area contributed by atoms with Crippen molar-refractivity contribution in [2.45, 2.75) is 124 Å². The lowest BCUT2D eigenvalue weighted by atomic mass is 9.56. The fourth-order valence-electron chi connectivity index (χ4n) is 13.5. The predicted molar refractivity (Wildman–Crippen MR) is 260 cm³/mol. The number of hydrogen-bond donors (Lipinski definition) is 2. The van der Waals surface area contributed by atoms with Gasteiger partial charge < -0.3 is 9.97 Å². The molecule has 1 unspecified atom stereocenters. The van der Waals surface area contributed by atoms with Crippen LogP contribution >= 0.6 is 0 Å². The number of nitrogens with one attached hydrogen (secondary N) is 2. The summed E-state index contributed by atoms with van der Waals surface area (Å²) >= 11 is 0. The Kier molecular flexibility index (Phi) is 10.4. The second kappa shape index (κ2) is 15.7. The first-order chi connectivity index (χ1) is 30.0. The minimum Gasteiger partial charge on any atom is -0.358 e. The topological polar surface area (TPSA) is 38.1 Å². The van der Waals surface area contributed by atoms with Crippen LogP contribution in [-0.2, 0) is 33.7 Å². The molecule has 4 nitrogen and oxygen atoms in total. The summed E-state index contributed by atoms with van der Waals surface area (Å²) in [6, 6.07) is 51.5. The molecule has 2 fully saturated rings. The zero-order valence-corrected chi connectivity index (χ0v) is 38.2. The maximum atomic E-state index is 3.93. The number of benzene rings is 5. The van der Waals surface area contributed by atoms with Crippen molar-refractivity contribution in [3.05, 3.63) is 179 Å². The highest BCUT2D eigenvalue weighted by Gasteiger charge is 2.52. The first-order valence-electron chi connectivity index (χ1n) is 23.7. The molecule has 0 bridgehead atoms. The molecule has 320 valence electrons. The number of nitrogens with zero attached hydrogens (tertiary/aromatic N) is 2. The molecule has 4 heteroatoms. The van der Waals surface area contributed by atoms with Crippen molar-refractivity contribution in [2.24, 2.45) is 0 Å². The molecule has 2 N–H and O–H groups in total. The summed E-state index contributed by atoms with van der Waals surface area (Å²) in [6.07, 6.45) is 14.8. The third-order valence-corrected chi connectivity index (χ3v) is 17.2. The molecule has 62 heavy (non-hydrogen) atoms. The van der Waals surface area contributed by atoms with Gasteiger partial charge in [-0.1, -0.05) is 141 Å². The van der Waals surface area contributed by atoms with E-state index in [4.69, 9.17) is 0 Å². The van der Waals surface area contributed by atoms with E-state index in [1.54, 1.807) is 16.8 Å². The predicted octanol–water partition coefficient (Wildman–Crippen LogP) is 13.7. The molecular formula is C58H68N4. The summed E-state index contributed by atoms with van der Waals surface area (Å²) in [4.78, 5) is 12.8. The van der Waals surface area contributed by atoms with Crippen LogP contribution in [-0.4, -0.2) is 48.0 Å². The highest BCUT2D eigenvalue weighted by molar-refractivity contribution is 5.87. The number of fused-ring (bicyclic) bond motifs is 8. The summed E-state index contributed by atoms with van der Waals surface area (Å²) in [5.41, 5.74) is 14.4. The maximum absolute atomic E-state index is 3.93. The van der Waals surface area contributed by atoms with Crippen LogP contribution in [0.15, 0.2) is 140 Å². The maximum Gasteiger partial charge on any atom is 0.0459 e. The molecule has 2 aromatic heterocycles. The van der Waals surface area contributed by atoms with Gasteiger partial charge >= 0.3 is 0 Å². The van der Waals surface area contributed by atoms with E-state index in [1.165, 1.54) is 115 Å². The van der Waals surface area contributed by atoms with E-state index in [1.807, 2.05) is 0 Å². The van der Waals surface area contributed by atoms with E-state index >= 15 is 0 Å². The molecule has 11 rings (SSSR count). The Morgan fingerprint density at radius 1 is 0.452 bits per heavy atom. The van der Waals surface area contributed by atoms with Gasteiger partial charge in [-0.25, -0.2) is 0 Å². The Morgan fingerprint density at radius 3 is 1.44 bits per heavy atom. The number of hydrogen-bond acceptors (Lipinski definition) is 2. The van der Waals surface area contributed by atoms with Gasteiger partial charge in [0.15, 0.2) is 0 Å². The second-order valence-corrected chi connectivity index (χ2v) is 21.0. The SMILES string of the molecule is CN(C)C1(c2ccccc2)CCC2(CC1)CC(c1ccccc1)Cc1c2[nH]c2ccccc12.CN(C)C1(c2ccccc2)CCC2(CCC(C)(C)c3c2[nH]c2ccccc32)CC1. The minimum absolute atomic E-state index is 0.123. The molecule has 1 atom stereocenters. The van der Waals surface area contributed by atoms with Crippen LogP contribution in [0.3, 0.4) is 0 Å². The standard InChI is InChI=1S/C31H34N2.C27H34N2/c1-33(2)31(25-13-7-4-8-14-25)19-17-30(18-20-31)22-24(23-11-5-3-6-12-23)21-27-26-15-9-10-16-28(26)32-29(27)30;1-25(2)14-15-26(24-23(25)21-12-8-9-13-22(21)28-24)16-18-27(19-17-26,29(3)4)20-10-6-5-7-11-20/h3-16,24,32H,17-22H2,1-2H3;5-13,28H,14-19H2,1-4H3. The van der Waals surface area contributed by atoms with E-state index in [0.717, 1.165) is 6.42 Å². The van der Waals surface area contributed by atoms with Crippen molar-refractivity contribution in [2.75, 3.05) is 28.2 Å². The van der Waals surface area contributed by atoms with Crippen LogP contribution < -0.4 is 0 Å². The number of H-pyrrole nitrogens is 2. The van der Waals surface area contributed by atoms with Gasteiger partial charge in [0.25, 0.3) is 0 Å². The van der Waals surface area contributed by atoms with Crippen LogP contribution in [0.5, 0.6) is 0 Å². The van der Waals surface area contributed by atoms with Crippen molar-refractivity contribution in [1.82, 2.24) is 19.8 Å². The van der Waals surface area contributed by atoms with Crippen LogP contribution in [0.25, 0.3) is 21.8 Å².